The first-order valence-corrected chi connectivity index (χ1v) is 8.33. The van der Waals surface area contributed by atoms with Crippen LogP contribution in [0.5, 0.6) is 0 Å². The molecule has 1 aromatic carbocycles. The molecule has 0 amide bonds. The number of ketones is 1. The average Bonchev–Trinajstić information content (AvgIpc) is 2.63. The van der Waals surface area contributed by atoms with Gasteiger partial charge in [0.25, 0.3) is 0 Å². The quantitative estimate of drug-likeness (QED) is 0.862. The van der Waals surface area contributed by atoms with Crippen LogP contribution < -0.4 is 5.73 Å². The zero-order valence-corrected chi connectivity index (χ0v) is 13.4. The van der Waals surface area contributed by atoms with Crippen molar-refractivity contribution in [3.8, 4) is 0 Å². The average molecular weight is 309 g/mol. The van der Waals surface area contributed by atoms with Gasteiger partial charge in [-0.25, -0.2) is 9.97 Å². The smallest absolute Gasteiger partial charge is 0.179 e. The first-order valence-electron chi connectivity index (χ1n) is 8.33. The van der Waals surface area contributed by atoms with Crippen molar-refractivity contribution in [1.29, 1.82) is 0 Å². The highest BCUT2D eigenvalue weighted by Crippen LogP contribution is 2.41. The molecule has 4 nitrogen and oxygen atoms in total. The maximum absolute atomic E-state index is 11.6. The molecule has 1 aliphatic rings. The number of carbonyl (C=O) groups is 1. The van der Waals surface area contributed by atoms with Gasteiger partial charge in [-0.1, -0.05) is 49.6 Å². The van der Waals surface area contributed by atoms with Gasteiger partial charge in [0, 0.05) is 24.2 Å². The predicted octanol–water partition coefficient (Wildman–Crippen LogP) is 3.06. The van der Waals surface area contributed by atoms with Crippen LogP contribution in [0, 0.1) is 0 Å². The second-order valence-corrected chi connectivity index (χ2v) is 6.40. The minimum Gasteiger partial charge on any atom is -0.324 e. The predicted molar refractivity (Wildman–Crippen MR) is 90.3 cm³/mol. The molecule has 0 saturated heterocycles. The summed E-state index contributed by atoms with van der Waals surface area (Å²) < 4.78 is 0. The molecule has 4 heteroatoms. The van der Waals surface area contributed by atoms with E-state index in [9.17, 15) is 4.79 Å². The van der Waals surface area contributed by atoms with E-state index in [2.05, 4.69) is 40.3 Å². The Hall–Kier alpha value is -2.07. The highest BCUT2D eigenvalue weighted by Gasteiger charge is 2.34. The fourth-order valence-corrected chi connectivity index (χ4v) is 3.60. The van der Waals surface area contributed by atoms with E-state index in [-0.39, 0.29) is 17.7 Å². The highest BCUT2D eigenvalue weighted by atomic mass is 16.1. The number of hydrogen-bond donors (Lipinski definition) is 1. The van der Waals surface area contributed by atoms with Crippen LogP contribution in [-0.2, 0) is 11.8 Å². The van der Waals surface area contributed by atoms with Crippen LogP contribution in [-0.4, -0.2) is 22.3 Å². The van der Waals surface area contributed by atoms with Crippen molar-refractivity contribution < 1.29 is 4.79 Å². The second kappa shape index (κ2) is 7.01. The fourth-order valence-electron chi connectivity index (χ4n) is 3.60. The van der Waals surface area contributed by atoms with Gasteiger partial charge in [0.05, 0.1) is 12.1 Å². The van der Waals surface area contributed by atoms with Gasteiger partial charge in [0.1, 0.15) is 5.82 Å². The molecule has 0 radical (unpaired) electrons. The number of carbonyl (C=O) groups excluding carboxylic acids is 1. The third kappa shape index (κ3) is 3.48. The van der Waals surface area contributed by atoms with E-state index in [0.717, 1.165) is 12.2 Å². The summed E-state index contributed by atoms with van der Waals surface area (Å²) in [6, 6.07) is 10.7. The Morgan fingerprint density at radius 3 is 2.30 bits per heavy atom. The molecule has 1 aliphatic carbocycles. The van der Waals surface area contributed by atoms with Crippen LogP contribution in [0.15, 0.2) is 42.7 Å². The Bertz CT molecular complexity index is 646. The number of benzene rings is 1. The Labute approximate surface area is 137 Å². The van der Waals surface area contributed by atoms with Crippen LogP contribution in [0.25, 0.3) is 0 Å². The maximum atomic E-state index is 11.6. The molecule has 1 aromatic heterocycles. The Balaban J connectivity index is 1.86. The van der Waals surface area contributed by atoms with Crippen LogP contribution in [0.1, 0.15) is 53.8 Å². The monoisotopic (exact) mass is 309 g/mol. The van der Waals surface area contributed by atoms with E-state index in [1.165, 1.54) is 37.7 Å². The summed E-state index contributed by atoms with van der Waals surface area (Å²) in [6.45, 7) is -0.00331. The number of nitrogens with two attached hydrogens (primary N) is 1. The first kappa shape index (κ1) is 15.8. The van der Waals surface area contributed by atoms with Gasteiger partial charge >= 0.3 is 0 Å². The fraction of sp³-hybridized carbons (Fsp3) is 0.421. The summed E-state index contributed by atoms with van der Waals surface area (Å²) in [7, 11) is 0. The van der Waals surface area contributed by atoms with E-state index >= 15 is 0 Å². The molecular formula is C19H23N3O. The van der Waals surface area contributed by atoms with Gasteiger partial charge in [-0.2, -0.15) is 0 Å². The lowest BCUT2D eigenvalue weighted by Crippen LogP contribution is -2.32. The van der Waals surface area contributed by atoms with Gasteiger partial charge in [-0.3, -0.25) is 4.79 Å². The summed E-state index contributed by atoms with van der Waals surface area (Å²) in [4.78, 5) is 20.4. The molecule has 120 valence electrons. The van der Waals surface area contributed by atoms with Gasteiger partial charge in [-0.05, 0) is 18.4 Å². The normalized spacial score (nSPS) is 16.9. The van der Waals surface area contributed by atoms with Crippen LogP contribution in [0.4, 0.5) is 0 Å². The molecule has 0 bridgehead atoms. The molecule has 1 fully saturated rings. The molecule has 3 rings (SSSR count). The minimum atomic E-state index is -0.119. The Kier molecular flexibility index (Phi) is 4.82. The van der Waals surface area contributed by atoms with E-state index < -0.39 is 0 Å². The highest BCUT2D eigenvalue weighted by molar-refractivity contribution is 5.96. The summed E-state index contributed by atoms with van der Waals surface area (Å²) in [5, 5.41) is 0. The van der Waals surface area contributed by atoms with Crippen molar-refractivity contribution >= 4 is 5.78 Å². The van der Waals surface area contributed by atoms with Crippen LogP contribution in [0.3, 0.4) is 0 Å². The molecule has 23 heavy (non-hydrogen) atoms. The summed E-state index contributed by atoms with van der Waals surface area (Å²) >= 11 is 0. The van der Waals surface area contributed by atoms with E-state index in [0.29, 0.717) is 5.56 Å². The molecule has 0 unspecified atom stereocenters. The van der Waals surface area contributed by atoms with E-state index in [4.69, 9.17) is 5.73 Å². The van der Waals surface area contributed by atoms with Crippen molar-refractivity contribution in [3.05, 3.63) is 59.7 Å². The lowest BCUT2D eigenvalue weighted by Gasteiger charge is -2.37. The summed E-state index contributed by atoms with van der Waals surface area (Å²) in [6.07, 6.45) is 10.2. The van der Waals surface area contributed by atoms with Gasteiger partial charge in [0.2, 0.25) is 0 Å². The lowest BCUT2D eigenvalue weighted by atomic mass is 9.67. The van der Waals surface area contributed by atoms with Gasteiger partial charge < -0.3 is 5.73 Å². The molecule has 1 heterocycles. The number of Topliss-reactive ketones (excluding diaryl/α,β-unsaturated/α-hetero) is 1. The van der Waals surface area contributed by atoms with Crippen molar-refractivity contribution in [2.24, 2.45) is 5.73 Å². The third-order valence-electron chi connectivity index (χ3n) is 4.91. The third-order valence-corrected chi connectivity index (χ3v) is 4.91. The topological polar surface area (TPSA) is 68.9 Å². The Morgan fingerprint density at radius 1 is 1.04 bits per heavy atom. The standard InChI is InChI=1S/C19H23N3O/c20-12-17(23)15-13-21-18(22-14-15)11-19(9-5-2-6-10-19)16-7-3-1-4-8-16/h1,3-4,7-8,13-14H,2,5-6,9-12,20H2. The van der Waals surface area contributed by atoms with Crippen molar-refractivity contribution in [2.75, 3.05) is 6.54 Å². The first-order chi connectivity index (χ1) is 11.2. The van der Waals surface area contributed by atoms with Crippen LogP contribution in [0.2, 0.25) is 0 Å². The number of nitrogens with zero attached hydrogens (tertiary/aromatic N) is 2. The van der Waals surface area contributed by atoms with Gasteiger partial charge in [0.15, 0.2) is 5.78 Å². The zero-order chi connectivity index (χ0) is 16.1. The largest absolute Gasteiger partial charge is 0.324 e. The maximum Gasteiger partial charge on any atom is 0.179 e. The van der Waals surface area contributed by atoms with E-state index in [1.54, 1.807) is 12.4 Å². The molecule has 2 aromatic rings. The summed E-state index contributed by atoms with van der Waals surface area (Å²) in [5.41, 5.74) is 7.38. The zero-order valence-electron chi connectivity index (χ0n) is 13.4. The molecule has 0 aliphatic heterocycles. The molecular weight excluding hydrogens is 286 g/mol. The SMILES string of the molecule is NCC(=O)c1cnc(CC2(c3ccccc3)CCCCC2)nc1. The van der Waals surface area contributed by atoms with Crippen molar-refractivity contribution in [3.63, 3.8) is 0 Å². The number of rotatable bonds is 5. The van der Waals surface area contributed by atoms with Crippen molar-refractivity contribution in [2.45, 2.75) is 43.9 Å². The van der Waals surface area contributed by atoms with Gasteiger partial charge in [-0.15, -0.1) is 0 Å². The summed E-state index contributed by atoms with van der Waals surface area (Å²) in [5.74, 6) is 0.691. The number of hydrogen-bond acceptors (Lipinski definition) is 4. The Morgan fingerprint density at radius 2 is 1.70 bits per heavy atom. The van der Waals surface area contributed by atoms with Crippen molar-refractivity contribution in [1.82, 2.24) is 9.97 Å². The minimum absolute atomic E-state index is 0.00331. The van der Waals surface area contributed by atoms with E-state index in [1.807, 2.05) is 0 Å². The number of aromatic nitrogens is 2. The molecule has 0 spiro atoms. The second-order valence-electron chi connectivity index (χ2n) is 6.40. The molecule has 1 saturated carbocycles. The van der Waals surface area contributed by atoms with Crippen LogP contribution >= 0.6 is 0 Å². The molecule has 0 atom stereocenters. The molecule has 2 N–H and O–H groups in total. The lowest BCUT2D eigenvalue weighted by molar-refractivity contribution is 0.100.